The molecule has 1 heterocycles. The number of aryl methyl sites for hydroxylation is 1. The minimum atomic E-state index is -0.729. The summed E-state index contributed by atoms with van der Waals surface area (Å²) in [6.45, 7) is 3.97. The van der Waals surface area contributed by atoms with Crippen LogP contribution in [-0.4, -0.2) is 32.2 Å². The summed E-state index contributed by atoms with van der Waals surface area (Å²) in [5, 5.41) is 3.18. The molecule has 0 aliphatic carbocycles. The van der Waals surface area contributed by atoms with Gasteiger partial charge in [-0.05, 0) is 26.3 Å². The molecule has 0 amide bonds. The Morgan fingerprint density at radius 3 is 2.93 bits per heavy atom. The topological polar surface area (TPSA) is 54.9 Å². The van der Waals surface area contributed by atoms with Crippen molar-refractivity contribution in [3.8, 4) is 0 Å². The Morgan fingerprint density at radius 2 is 2.33 bits per heavy atom. The molecule has 0 aliphatic rings. The summed E-state index contributed by atoms with van der Waals surface area (Å²) >= 11 is 0. The van der Waals surface area contributed by atoms with Gasteiger partial charge in [-0.15, -0.1) is 0 Å². The highest BCUT2D eigenvalue weighted by Gasteiger charge is 2.04. The van der Waals surface area contributed by atoms with Crippen LogP contribution in [0.2, 0.25) is 0 Å². The maximum absolute atomic E-state index is 10.9. The monoisotopic (exact) mass is 227 g/mol. The molecule has 15 heavy (non-hydrogen) atoms. The van der Waals surface area contributed by atoms with Crippen LogP contribution in [0.1, 0.15) is 19.0 Å². The van der Waals surface area contributed by atoms with E-state index in [2.05, 4.69) is 15.3 Å². The molecule has 1 N–H and O–H groups in total. The lowest BCUT2D eigenvalue weighted by molar-refractivity contribution is 0.677. The molecule has 0 aromatic carbocycles. The fourth-order valence-corrected chi connectivity index (χ4v) is 1.84. The number of hydrogen-bond donors (Lipinski definition) is 1. The summed E-state index contributed by atoms with van der Waals surface area (Å²) in [5.74, 6) is 1.35. The minimum absolute atomic E-state index is 0.246. The summed E-state index contributed by atoms with van der Waals surface area (Å²) in [6.07, 6.45) is 4.31. The highest BCUT2D eigenvalue weighted by atomic mass is 32.2. The number of anilines is 1. The number of rotatable bonds is 5. The Labute approximate surface area is 93.0 Å². The van der Waals surface area contributed by atoms with Crippen LogP contribution in [0.3, 0.4) is 0 Å². The number of hydrogen-bond acceptors (Lipinski definition) is 4. The molecular weight excluding hydrogens is 210 g/mol. The van der Waals surface area contributed by atoms with Crippen LogP contribution < -0.4 is 5.32 Å². The van der Waals surface area contributed by atoms with Gasteiger partial charge in [0.15, 0.2) is 0 Å². The van der Waals surface area contributed by atoms with Crippen LogP contribution in [0, 0.1) is 6.92 Å². The standard InChI is InChI=1S/C10H17N3OS/c1-8-4-6-11-10(12-8)13-9(2)5-7-15(3)14/h4,6,9H,5,7H2,1-3H3,(H,11,12,13). The van der Waals surface area contributed by atoms with Gasteiger partial charge >= 0.3 is 0 Å². The lowest BCUT2D eigenvalue weighted by Crippen LogP contribution is -2.19. The highest BCUT2D eigenvalue weighted by Crippen LogP contribution is 2.03. The van der Waals surface area contributed by atoms with Crippen molar-refractivity contribution in [3.63, 3.8) is 0 Å². The lowest BCUT2D eigenvalue weighted by atomic mass is 10.3. The van der Waals surface area contributed by atoms with Gasteiger partial charge in [0.25, 0.3) is 0 Å². The largest absolute Gasteiger partial charge is 0.352 e. The molecule has 0 fully saturated rings. The van der Waals surface area contributed by atoms with Crippen molar-refractivity contribution in [2.75, 3.05) is 17.3 Å². The summed E-state index contributed by atoms with van der Waals surface area (Å²) in [7, 11) is -0.729. The number of nitrogens with one attached hydrogen (secondary N) is 1. The average molecular weight is 227 g/mol. The number of nitrogens with zero attached hydrogens (tertiary/aromatic N) is 2. The van der Waals surface area contributed by atoms with E-state index in [9.17, 15) is 4.21 Å². The molecule has 2 atom stereocenters. The van der Waals surface area contributed by atoms with Gasteiger partial charge in [0, 0.05) is 40.7 Å². The van der Waals surface area contributed by atoms with Crippen molar-refractivity contribution < 1.29 is 4.21 Å². The van der Waals surface area contributed by atoms with E-state index in [1.807, 2.05) is 19.9 Å². The van der Waals surface area contributed by atoms with Gasteiger partial charge in [0.2, 0.25) is 5.95 Å². The Kier molecular flexibility index (Phi) is 4.68. The Balaban J connectivity index is 2.44. The molecule has 0 spiro atoms. The fourth-order valence-electron chi connectivity index (χ4n) is 1.15. The average Bonchev–Trinajstić information content (AvgIpc) is 2.15. The van der Waals surface area contributed by atoms with E-state index >= 15 is 0 Å². The third kappa shape index (κ3) is 4.88. The molecule has 1 aromatic rings. The summed E-state index contributed by atoms with van der Waals surface area (Å²) in [6, 6.07) is 2.10. The fraction of sp³-hybridized carbons (Fsp3) is 0.600. The van der Waals surface area contributed by atoms with Crippen LogP contribution in [0.25, 0.3) is 0 Å². The zero-order valence-electron chi connectivity index (χ0n) is 9.36. The van der Waals surface area contributed by atoms with Gasteiger partial charge in [-0.3, -0.25) is 4.21 Å². The molecule has 0 bridgehead atoms. The molecule has 0 aliphatic heterocycles. The first-order valence-corrected chi connectivity index (χ1v) is 6.67. The van der Waals surface area contributed by atoms with E-state index in [1.165, 1.54) is 0 Å². The predicted octanol–water partition coefficient (Wildman–Crippen LogP) is 1.35. The van der Waals surface area contributed by atoms with Crippen LogP contribution in [0.15, 0.2) is 12.3 Å². The van der Waals surface area contributed by atoms with Crippen molar-refractivity contribution in [2.45, 2.75) is 26.3 Å². The van der Waals surface area contributed by atoms with E-state index in [4.69, 9.17) is 0 Å². The second-order valence-corrected chi connectivity index (χ2v) is 5.19. The highest BCUT2D eigenvalue weighted by molar-refractivity contribution is 7.84. The van der Waals surface area contributed by atoms with Gasteiger partial charge in [0.1, 0.15) is 0 Å². The SMILES string of the molecule is Cc1ccnc(NC(C)CCS(C)=O)n1. The van der Waals surface area contributed by atoms with Gasteiger partial charge < -0.3 is 5.32 Å². The summed E-state index contributed by atoms with van der Waals surface area (Å²) in [5.41, 5.74) is 0.943. The molecule has 1 aromatic heterocycles. The smallest absolute Gasteiger partial charge is 0.223 e. The van der Waals surface area contributed by atoms with Crippen LogP contribution in [0.4, 0.5) is 5.95 Å². The van der Waals surface area contributed by atoms with Crippen molar-refractivity contribution in [1.29, 1.82) is 0 Å². The molecule has 4 nitrogen and oxygen atoms in total. The van der Waals surface area contributed by atoms with Crippen molar-refractivity contribution >= 4 is 16.7 Å². The first-order chi connectivity index (χ1) is 7.08. The molecule has 0 saturated carbocycles. The van der Waals surface area contributed by atoms with Crippen molar-refractivity contribution in [1.82, 2.24) is 9.97 Å². The lowest BCUT2D eigenvalue weighted by Gasteiger charge is -2.12. The molecule has 0 saturated heterocycles. The molecule has 84 valence electrons. The van der Waals surface area contributed by atoms with E-state index in [-0.39, 0.29) is 6.04 Å². The van der Waals surface area contributed by atoms with Crippen LogP contribution in [0.5, 0.6) is 0 Å². The number of aromatic nitrogens is 2. The molecule has 1 rings (SSSR count). The third-order valence-corrected chi connectivity index (χ3v) is 2.82. The van der Waals surface area contributed by atoms with Gasteiger partial charge in [-0.25, -0.2) is 9.97 Å². The minimum Gasteiger partial charge on any atom is -0.352 e. The third-order valence-electron chi connectivity index (χ3n) is 2.01. The zero-order valence-corrected chi connectivity index (χ0v) is 10.2. The molecule has 5 heteroatoms. The summed E-state index contributed by atoms with van der Waals surface area (Å²) in [4.78, 5) is 8.35. The maximum atomic E-state index is 10.9. The second-order valence-electron chi connectivity index (χ2n) is 3.63. The zero-order chi connectivity index (χ0) is 11.3. The maximum Gasteiger partial charge on any atom is 0.223 e. The van der Waals surface area contributed by atoms with Crippen molar-refractivity contribution in [3.05, 3.63) is 18.0 Å². The molecular formula is C10H17N3OS. The first-order valence-electron chi connectivity index (χ1n) is 4.94. The molecule has 0 radical (unpaired) electrons. The van der Waals surface area contributed by atoms with Crippen LogP contribution in [-0.2, 0) is 10.8 Å². The van der Waals surface area contributed by atoms with Crippen LogP contribution >= 0.6 is 0 Å². The first kappa shape index (κ1) is 12.1. The van der Waals surface area contributed by atoms with E-state index in [1.54, 1.807) is 12.5 Å². The summed E-state index contributed by atoms with van der Waals surface area (Å²) < 4.78 is 10.9. The Hall–Kier alpha value is -0.970. The van der Waals surface area contributed by atoms with E-state index < -0.39 is 10.8 Å². The van der Waals surface area contributed by atoms with E-state index in [0.29, 0.717) is 11.7 Å². The Morgan fingerprint density at radius 1 is 1.60 bits per heavy atom. The van der Waals surface area contributed by atoms with Gasteiger partial charge in [-0.1, -0.05) is 0 Å². The van der Waals surface area contributed by atoms with E-state index in [0.717, 1.165) is 12.1 Å². The van der Waals surface area contributed by atoms with Crippen molar-refractivity contribution in [2.24, 2.45) is 0 Å². The normalized spacial score (nSPS) is 14.6. The Bertz CT molecular complexity index is 343. The van der Waals surface area contributed by atoms with Gasteiger partial charge in [-0.2, -0.15) is 0 Å². The van der Waals surface area contributed by atoms with Gasteiger partial charge in [0.05, 0.1) is 0 Å². The predicted molar refractivity (Wildman–Crippen MR) is 63.4 cm³/mol. The second kappa shape index (κ2) is 5.80. The quantitative estimate of drug-likeness (QED) is 0.825. The molecule has 2 unspecified atom stereocenters.